The quantitative estimate of drug-likeness (QED) is 0.691. The molecule has 128 valence electrons. The van der Waals surface area contributed by atoms with Crippen LogP contribution < -0.4 is 0 Å². The maximum Gasteiger partial charge on any atom is 0.248 e. The average molecular weight is 335 g/mol. The number of carbonyl (C=O) groups is 2. The van der Waals surface area contributed by atoms with E-state index in [9.17, 15) is 9.59 Å². The van der Waals surface area contributed by atoms with E-state index < -0.39 is 0 Å². The number of piperazine rings is 1. The minimum Gasteiger partial charge on any atom is -0.343 e. The Morgan fingerprint density at radius 3 is 1.96 bits per heavy atom. The monoisotopic (exact) mass is 335 g/mol. The molecule has 0 saturated carbocycles. The van der Waals surface area contributed by atoms with Crippen LogP contribution in [0.25, 0.3) is 21.8 Å². The summed E-state index contributed by atoms with van der Waals surface area (Å²) in [4.78, 5) is 28.1. The van der Waals surface area contributed by atoms with Crippen LogP contribution >= 0.6 is 0 Å². The average Bonchev–Trinajstić information content (AvgIpc) is 3.01. The van der Waals surface area contributed by atoms with E-state index in [2.05, 4.69) is 17.0 Å². The van der Waals surface area contributed by atoms with Crippen LogP contribution in [-0.2, 0) is 4.79 Å². The summed E-state index contributed by atoms with van der Waals surface area (Å²) >= 11 is 0. The molecule has 1 amide bonds. The Labute approximate surface area is 146 Å². The van der Waals surface area contributed by atoms with E-state index in [1.165, 1.54) is 0 Å². The molecule has 0 unspecified atom stereocenters. The van der Waals surface area contributed by atoms with Crippen LogP contribution in [0, 0.1) is 0 Å². The van der Waals surface area contributed by atoms with E-state index in [1.807, 2.05) is 47.9 Å². The number of benzene rings is 2. The van der Waals surface area contributed by atoms with Crippen molar-refractivity contribution in [2.45, 2.75) is 13.0 Å². The van der Waals surface area contributed by atoms with Crippen molar-refractivity contribution in [2.75, 3.05) is 26.2 Å². The summed E-state index contributed by atoms with van der Waals surface area (Å²) in [5.74, 6) is 0.0805. The van der Waals surface area contributed by atoms with Crippen molar-refractivity contribution < 1.29 is 9.59 Å². The van der Waals surface area contributed by atoms with E-state index in [0.29, 0.717) is 13.1 Å². The van der Waals surface area contributed by atoms with Gasteiger partial charge in [-0.05, 0) is 19.1 Å². The molecule has 5 heteroatoms. The highest BCUT2D eigenvalue weighted by Crippen LogP contribution is 2.29. The van der Waals surface area contributed by atoms with Crippen molar-refractivity contribution in [3.8, 4) is 0 Å². The SMILES string of the molecule is C[C@H](C(=O)n1c2ccccc2c2ccccc21)N1CCN(C=O)CC1. The van der Waals surface area contributed by atoms with Crippen molar-refractivity contribution in [2.24, 2.45) is 0 Å². The number of para-hydroxylation sites is 2. The number of fused-ring (bicyclic) bond motifs is 3. The summed E-state index contributed by atoms with van der Waals surface area (Å²) in [5.41, 5.74) is 1.90. The lowest BCUT2D eigenvalue weighted by Crippen LogP contribution is -2.52. The predicted octanol–water partition coefficient (Wildman–Crippen LogP) is 2.60. The number of hydrogen-bond acceptors (Lipinski definition) is 3. The number of nitrogens with zero attached hydrogens (tertiary/aromatic N) is 3. The first-order valence-corrected chi connectivity index (χ1v) is 8.66. The Bertz CT molecular complexity index is 885. The van der Waals surface area contributed by atoms with E-state index in [0.717, 1.165) is 41.3 Å². The fraction of sp³-hybridized carbons (Fsp3) is 0.300. The van der Waals surface area contributed by atoms with Crippen molar-refractivity contribution >= 4 is 34.1 Å². The molecule has 1 fully saturated rings. The van der Waals surface area contributed by atoms with Gasteiger partial charge in [0, 0.05) is 37.0 Å². The molecule has 1 saturated heterocycles. The number of carbonyl (C=O) groups excluding carboxylic acids is 2. The Hall–Kier alpha value is -2.66. The Kier molecular flexibility index (Phi) is 4.01. The fourth-order valence-corrected chi connectivity index (χ4v) is 3.73. The number of rotatable bonds is 3. The second-order valence-electron chi connectivity index (χ2n) is 6.56. The van der Waals surface area contributed by atoms with Gasteiger partial charge in [-0.1, -0.05) is 36.4 Å². The number of amides is 1. The van der Waals surface area contributed by atoms with Gasteiger partial charge in [-0.15, -0.1) is 0 Å². The van der Waals surface area contributed by atoms with Gasteiger partial charge in [0.15, 0.2) is 0 Å². The lowest BCUT2D eigenvalue weighted by molar-refractivity contribution is -0.119. The van der Waals surface area contributed by atoms with Gasteiger partial charge in [0.2, 0.25) is 12.3 Å². The summed E-state index contributed by atoms with van der Waals surface area (Å²) in [5, 5.41) is 2.20. The van der Waals surface area contributed by atoms with Crippen LogP contribution in [0.1, 0.15) is 11.7 Å². The predicted molar refractivity (Wildman–Crippen MR) is 98.7 cm³/mol. The second kappa shape index (κ2) is 6.33. The lowest BCUT2D eigenvalue weighted by Gasteiger charge is -2.35. The van der Waals surface area contributed by atoms with Gasteiger partial charge in [0.25, 0.3) is 0 Å². The van der Waals surface area contributed by atoms with Gasteiger partial charge < -0.3 is 4.90 Å². The van der Waals surface area contributed by atoms with Crippen molar-refractivity contribution in [1.82, 2.24) is 14.4 Å². The van der Waals surface area contributed by atoms with E-state index >= 15 is 0 Å². The summed E-state index contributed by atoms with van der Waals surface area (Å²) in [7, 11) is 0. The van der Waals surface area contributed by atoms with Crippen LogP contribution in [0.5, 0.6) is 0 Å². The van der Waals surface area contributed by atoms with Gasteiger partial charge in [0.1, 0.15) is 0 Å². The van der Waals surface area contributed by atoms with E-state index in [-0.39, 0.29) is 11.9 Å². The van der Waals surface area contributed by atoms with Gasteiger partial charge in [-0.2, -0.15) is 0 Å². The molecule has 0 N–H and O–H groups in total. The third-order valence-electron chi connectivity index (χ3n) is 5.20. The van der Waals surface area contributed by atoms with Gasteiger partial charge in [0.05, 0.1) is 17.1 Å². The highest BCUT2D eigenvalue weighted by Gasteiger charge is 2.27. The Morgan fingerprint density at radius 2 is 1.44 bits per heavy atom. The molecular formula is C20H21N3O2. The van der Waals surface area contributed by atoms with Crippen LogP contribution in [-0.4, -0.2) is 58.9 Å². The topological polar surface area (TPSA) is 45.6 Å². The highest BCUT2D eigenvalue weighted by molar-refractivity contribution is 6.13. The van der Waals surface area contributed by atoms with Crippen molar-refractivity contribution in [3.05, 3.63) is 48.5 Å². The van der Waals surface area contributed by atoms with E-state index in [4.69, 9.17) is 0 Å². The highest BCUT2D eigenvalue weighted by atomic mass is 16.2. The molecule has 4 rings (SSSR count). The van der Waals surface area contributed by atoms with Crippen molar-refractivity contribution in [3.63, 3.8) is 0 Å². The summed E-state index contributed by atoms with van der Waals surface area (Å²) in [6.07, 6.45) is 0.886. The molecule has 0 bridgehead atoms. The summed E-state index contributed by atoms with van der Waals surface area (Å²) < 4.78 is 1.85. The Balaban J connectivity index is 1.73. The summed E-state index contributed by atoms with van der Waals surface area (Å²) in [6.45, 7) is 4.76. The molecule has 0 spiro atoms. The molecule has 2 aromatic carbocycles. The molecule has 1 aliphatic rings. The zero-order valence-corrected chi connectivity index (χ0v) is 14.3. The molecule has 1 aromatic heterocycles. The largest absolute Gasteiger partial charge is 0.343 e. The molecule has 25 heavy (non-hydrogen) atoms. The van der Waals surface area contributed by atoms with Gasteiger partial charge in [-0.25, -0.2) is 0 Å². The molecule has 2 heterocycles. The van der Waals surface area contributed by atoms with E-state index in [1.54, 1.807) is 4.90 Å². The Morgan fingerprint density at radius 1 is 0.920 bits per heavy atom. The molecule has 0 aliphatic carbocycles. The maximum atomic E-state index is 13.3. The molecule has 5 nitrogen and oxygen atoms in total. The van der Waals surface area contributed by atoms with Gasteiger partial charge in [-0.3, -0.25) is 19.1 Å². The third-order valence-corrected chi connectivity index (χ3v) is 5.20. The van der Waals surface area contributed by atoms with Crippen LogP contribution in [0.15, 0.2) is 48.5 Å². The minimum absolute atomic E-state index is 0.0805. The zero-order chi connectivity index (χ0) is 17.4. The molecular weight excluding hydrogens is 314 g/mol. The molecule has 1 atom stereocenters. The van der Waals surface area contributed by atoms with Crippen LogP contribution in [0.4, 0.5) is 0 Å². The maximum absolute atomic E-state index is 13.3. The first-order valence-electron chi connectivity index (χ1n) is 8.66. The smallest absolute Gasteiger partial charge is 0.248 e. The molecule has 0 radical (unpaired) electrons. The third kappa shape index (κ3) is 2.61. The number of hydrogen-bond donors (Lipinski definition) is 0. The lowest BCUT2D eigenvalue weighted by atomic mass is 10.2. The molecule has 3 aromatic rings. The summed E-state index contributed by atoms with van der Waals surface area (Å²) in [6, 6.07) is 15.9. The fourth-order valence-electron chi connectivity index (χ4n) is 3.73. The standard InChI is InChI=1S/C20H21N3O2/c1-15(22-12-10-21(14-24)11-13-22)20(25)23-18-8-4-2-6-16(18)17-7-3-5-9-19(17)23/h2-9,14-15H,10-13H2,1H3/t15-/m1/s1. The van der Waals surface area contributed by atoms with Crippen molar-refractivity contribution in [1.29, 1.82) is 0 Å². The number of aromatic nitrogens is 1. The first kappa shape index (κ1) is 15.8. The minimum atomic E-state index is -0.229. The van der Waals surface area contributed by atoms with Gasteiger partial charge >= 0.3 is 0 Å². The zero-order valence-electron chi connectivity index (χ0n) is 14.3. The first-order chi connectivity index (χ1) is 12.2. The van der Waals surface area contributed by atoms with Crippen LogP contribution in [0.2, 0.25) is 0 Å². The van der Waals surface area contributed by atoms with Crippen LogP contribution in [0.3, 0.4) is 0 Å². The normalized spacial score (nSPS) is 17.1. The molecule has 1 aliphatic heterocycles. The second-order valence-corrected chi connectivity index (χ2v) is 6.56.